The molecule has 0 bridgehead atoms. The van der Waals surface area contributed by atoms with Crippen LogP contribution in [0.25, 0.3) is 0 Å². The summed E-state index contributed by atoms with van der Waals surface area (Å²) in [6, 6.07) is 12.6. The van der Waals surface area contributed by atoms with E-state index >= 15 is 0 Å². The summed E-state index contributed by atoms with van der Waals surface area (Å²) >= 11 is 0. The molecule has 0 saturated carbocycles. The van der Waals surface area contributed by atoms with E-state index in [-0.39, 0.29) is 16.7 Å². The van der Waals surface area contributed by atoms with Crippen molar-refractivity contribution in [1.82, 2.24) is 0 Å². The van der Waals surface area contributed by atoms with Gasteiger partial charge in [-0.1, -0.05) is 0 Å². The van der Waals surface area contributed by atoms with Crippen LogP contribution in [0.1, 0.15) is 17.3 Å². The predicted molar refractivity (Wildman–Crippen MR) is 93.0 cm³/mol. The number of carbonyl (C=O) groups excluding carboxylic acids is 2. The fourth-order valence-corrected chi connectivity index (χ4v) is 2.76. The van der Waals surface area contributed by atoms with E-state index in [0.29, 0.717) is 16.9 Å². The minimum Gasteiger partial charge on any atom is -0.326 e. The molecule has 0 spiro atoms. The molecule has 2 aromatic carbocycles. The van der Waals surface area contributed by atoms with Crippen LogP contribution in [0, 0.1) is 0 Å². The lowest BCUT2D eigenvalue weighted by Gasteiger charge is -2.18. The van der Waals surface area contributed by atoms with Crippen LogP contribution in [0.15, 0.2) is 53.4 Å². The second-order valence-corrected chi connectivity index (χ2v) is 7.40. The number of anilines is 2. The standard InChI is InChI=1S/C17H18N2O4S/c1-12(20)18-14-6-4-13(5-7-14)17(21)19(2)15-8-10-16(11-9-15)24(3,22)23/h4-11H,1-3H3,(H,18,20). The van der Waals surface area contributed by atoms with Crippen LogP contribution in [0.4, 0.5) is 11.4 Å². The maximum Gasteiger partial charge on any atom is 0.258 e. The Morgan fingerprint density at radius 3 is 1.96 bits per heavy atom. The molecular formula is C17H18N2O4S. The Morgan fingerprint density at radius 1 is 0.958 bits per heavy atom. The van der Waals surface area contributed by atoms with Gasteiger partial charge in [-0.2, -0.15) is 0 Å². The molecule has 0 radical (unpaired) electrons. The number of hydrogen-bond donors (Lipinski definition) is 1. The zero-order valence-corrected chi connectivity index (χ0v) is 14.4. The number of amides is 2. The first kappa shape index (κ1) is 17.7. The van der Waals surface area contributed by atoms with Crippen LogP contribution in [0.3, 0.4) is 0 Å². The SMILES string of the molecule is CC(=O)Nc1ccc(C(=O)N(C)c2ccc(S(C)(=O)=O)cc2)cc1. The number of nitrogens with zero attached hydrogens (tertiary/aromatic N) is 1. The molecule has 0 saturated heterocycles. The third kappa shape index (κ3) is 4.20. The predicted octanol–water partition coefficient (Wildman–Crippen LogP) is 2.33. The zero-order chi connectivity index (χ0) is 17.9. The highest BCUT2D eigenvalue weighted by atomic mass is 32.2. The number of carbonyl (C=O) groups is 2. The topological polar surface area (TPSA) is 83.6 Å². The van der Waals surface area contributed by atoms with Crippen LogP contribution in [0.2, 0.25) is 0 Å². The van der Waals surface area contributed by atoms with Crippen molar-refractivity contribution in [3.63, 3.8) is 0 Å². The molecule has 0 unspecified atom stereocenters. The van der Waals surface area contributed by atoms with Gasteiger partial charge in [0, 0.05) is 37.2 Å². The fraction of sp³-hybridized carbons (Fsp3) is 0.176. The fourth-order valence-electron chi connectivity index (χ4n) is 2.13. The summed E-state index contributed by atoms with van der Waals surface area (Å²) in [6.07, 6.45) is 1.13. The van der Waals surface area contributed by atoms with Gasteiger partial charge >= 0.3 is 0 Å². The van der Waals surface area contributed by atoms with E-state index in [9.17, 15) is 18.0 Å². The zero-order valence-electron chi connectivity index (χ0n) is 13.6. The summed E-state index contributed by atoms with van der Waals surface area (Å²) in [5, 5.41) is 2.63. The third-order valence-corrected chi connectivity index (χ3v) is 4.54. The van der Waals surface area contributed by atoms with Gasteiger partial charge in [0.15, 0.2) is 9.84 Å². The number of hydrogen-bond acceptors (Lipinski definition) is 4. The van der Waals surface area contributed by atoms with Crippen LogP contribution >= 0.6 is 0 Å². The molecule has 0 aliphatic heterocycles. The van der Waals surface area contributed by atoms with Gasteiger partial charge in [0.05, 0.1) is 4.90 Å². The van der Waals surface area contributed by atoms with Gasteiger partial charge in [0.2, 0.25) is 5.91 Å². The number of nitrogens with one attached hydrogen (secondary N) is 1. The lowest BCUT2D eigenvalue weighted by Crippen LogP contribution is -2.26. The van der Waals surface area contributed by atoms with Crippen molar-refractivity contribution in [2.45, 2.75) is 11.8 Å². The minimum atomic E-state index is -3.27. The van der Waals surface area contributed by atoms with E-state index in [1.807, 2.05) is 0 Å². The first-order valence-corrected chi connectivity index (χ1v) is 9.03. The van der Waals surface area contributed by atoms with Crippen LogP contribution in [-0.4, -0.2) is 33.5 Å². The minimum absolute atomic E-state index is 0.183. The Hall–Kier alpha value is -2.67. The summed E-state index contributed by atoms with van der Waals surface area (Å²) in [7, 11) is -1.66. The Bertz CT molecular complexity index is 856. The summed E-state index contributed by atoms with van der Waals surface area (Å²) in [6.45, 7) is 1.41. The van der Waals surface area contributed by atoms with E-state index in [0.717, 1.165) is 6.26 Å². The van der Waals surface area contributed by atoms with Crippen molar-refractivity contribution in [1.29, 1.82) is 0 Å². The van der Waals surface area contributed by atoms with Gasteiger partial charge in [-0.25, -0.2) is 8.42 Å². The van der Waals surface area contributed by atoms with Crippen molar-refractivity contribution in [2.75, 3.05) is 23.5 Å². The van der Waals surface area contributed by atoms with Gasteiger partial charge in [-0.05, 0) is 48.5 Å². The molecule has 2 amide bonds. The Balaban J connectivity index is 2.18. The molecule has 6 nitrogen and oxygen atoms in total. The highest BCUT2D eigenvalue weighted by Gasteiger charge is 2.14. The second-order valence-electron chi connectivity index (χ2n) is 5.39. The molecule has 126 valence electrons. The van der Waals surface area contributed by atoms with E-state index in [1.54, 1.807) is 43.4 Å². The quantitative estimate of drug-likeness (QED) is 0.921. The number of rotatable bonds is 4. The first-order valence-electron chi connectivity index (χ1n) is 7.14. The number of sulfone groups is 1. The van der Waals surface area contributed by atoms with Crippen molar-refractivity contribution in [3.05, 3.63) is 54.1 Å². The van der Waals surface area contributed by atoms with Gasteiger partial charge < -0.3 is 10.2 Å². The normalized spacial score (nSPS) is 11.0. The smallest absolute Gasteiger partial charge is 0.258 e. The molecule has 0 heterocycles. The number of benzene rings is 2. The van der Waals surface area contributed by atoms with Crippen molar-refractivity contribution < 1.29 is 18.0 Å². The molecule has 7 heteroatoms. The van der Waals surface area contributed by atoms with Crippen LogP contribution in [0.5, 0.6) is 0 Å². The van der Waals surface area contributed by atoms with E-state index in [2.05, 4.69) is 5.32 Å². The summed E-state index contributed by atoms with van der Waals surface area (Å²) < 4.78 is 22.9. The van der Waals surface area contributed by atoms with Gasteiger partial charge in [-0.15, -0.1) is 0 Å². The first-order chi connectivity index (χ1) is 11.2. The monoisotopic (exact) mass is 346 g/mol. The Labute approximate surface area is 141 Å². The molecule has 1 N–H and O–H groups in total. The third-order valence-electron chi connectivity index (χ3n) is 3.41. The molecule has 2 aromatic rings. The lowest BCUT2D eigenvalue weighted by atomic mass is 10.1. The molecule has 24 heavy (non-hydrogen) atoms. The van der Waals surface area contributed by atoms with Gasteiger partial charge in [0.1, 0.15) is 0 Å². The molecule has 0 aliphatic carbocycles. The average Bonchev–Trinajstić information content (AvgIpc) is 2.53. The summed E-state index contributed by atoms with van der Waals surface area (Å²) in [5.74, 6) is -0.423. The maximum absolute atomic E-state index is 12.5. The van der Waals surface area contributed by atoms with Gasteiger partial charge in [0.25, 0.3) is 5.91 Å². The largest absolute Gasteiger partial charge is 0.326 e. The molecule has 2 rings (SSSR count). The Morgan fingerprint density at radius 2 is 1.50 bits per heavy atom. The summed E-state index contributed by atoms with van der Waals surface area (Å²) in [4.78, 5) is 25.1. The maximum atomic E-state index is 12.5. The van der Waals surface area contributed by atoms with Crippen molar-refractivity contribution in [3.8, 4) is 0 Å². The van der Waals surface area contributed by atoms with Crippen molar-refractivity contribution in [2.24, 2.45) is 0 Å². The van der Waals surface area contributed by atoms with Crippen LogP contribution < -0.4 is 10.2 Å². The highest BCUT2D eigenvalue weighted by molar-refractivity contribution is 7.90. The molecule has 0 aliphatic rings. The van der Waals surface area contributed by atoms with Crippen molar-refractivity contribution >= 4 is 33.0 Å². The second kappa shape index (κ2) is 6.84. The van der Waals surface area contributed by atoms with Crippen LogP contribution in [-0.2, 0) is 14.6 Å². The van der Waals surface area contributed by atoms with Gasteiger partial charge in [-0.3, -0.25) is 9.59 Å². The van der Waals surface area contributed by atoms with E-state index in [1.165, 1.54) is 24.0 Å². The summed E-state index contributed by atoms with van der Waals surface area (Å²) in [5.41, 5.74) is 1.65. The molecule has 0 fully saturated rings. The molecular weight excluding hydrogens is 328 g/mol. The molecule has 0 atom stereocenters. The van der Waals surface area contributed by atoms with E-state index < -0.39 is 9.84 Å². The highest BCUT2D eigenvalue weighted by Crippen LogP contribution is 2.19. The lowest BCUT2D eigenvalue weighted by molar-refractivity contribution is -0.114. The average molecular weight is 346 g/mol. The van der Waals surface area contributed by atoms with E-state index in [4.69, 9.17) is 0 Å². The molecule has 0 aromatic heterocycles. The Kier molecular flexibility index (Phi) is 5.04.